The van der Waals surface area contributed by atoms with Gasteiger partial charge in [-0.1, -0.05) is 23.2 Å². The van der Waals surface area contributed by atoms with Crippen LogP contribution in [0.1, 0.15) is 0 Å². The number of sulfonamides is 1. The lowest BCUT2D eigenvalue weighted by molar-refractivity contribution is 0.316. The summed E-state index contributed by atoms with van der Waals surface area (Å²) in [7, 11) is -4.19. The third-order valence-electron chi connectivity index (χ3n) is 1.77. The predicted molar refractivity (Wildman–Crippen MR) is 63.0 cm³/mol. The topological polar surface area (TPSA) is 69.4 Å². The lowest BCUT2D eigenvalue weighted by atomic mass is 10.3. The second kappa shape index (κ2) is 5.83. The van der Waals surface area contributed by atoms with Crippen LogP contribution < -0.4 is 9.88 Å². The molecule has 0 fully saturated rings. The van der Waals surface area contributed by atoms with Gasteiger partial charge < -0.3 is 4.74 Å². The second-order valence-electron chi connectivity index (χ2n) is 3.11. The zero-order chi connectivity index (χ0) is 13.9. The molecule has 0 saturated heterocycles. The molecular formula is C9H7Cl2F2NO3S. The Balaban J connectivity index is 3.10. The van der Waals surface area contributed by atoms with Gasteiger partial charge in [-0.25, -0.2) is 22.3 Å². The van der Waals surface area contributed by atoms with E-state index in [1.54, 1.807) is 0 Å². The van der Waals surface area contributed by atoms with Crippen molar-refractivity contribution in [2.75, 3.05) is 6.61 Å². The molecule has 0 aliphatic heterocycles. The van der Waals surface area contributed by atoms with Gasteiger partial charge in [0.2, 0.25) is 10.0 Å². The van der Waals surface area contributed by atoms with Crippen LogP contribution in [-0.2, 0) is 10.0 Å². The molecule has 9 heteroatoms. The Labute approximate surface area is 112 Å². The number of hydrogen-bond acceptors (Lipinski definition) is 3. The highest BCUT2D eigenvalue weighted by Crippen LogP contribution is 2.25. The molecule has 2 N–H and O–H groups in total. The van der Waals surface area contributed by atoms with Crippen LogP contribution in [-0.4, -0.2) is 15.0 Å². The molecular weight excluding hydrogens is 311 g/mol. The standard InChI is InChI=1S/C9H7Cl2F2NO3S/c10-3-5(11)4-17-9-7(12)1-6(2-8(9)13)18(14,15)16/h1-3H,4H2,(H2,14,15,16)/b5-3-. The van der Waals surface area contributed by atoms with Crippen LogP contribution in [0.5, 0.6) is 5.75 Å². The van der Waals surface area contributed by atoms with Crippen molar-refractivity contribution in [1.82, 2.24) is 0 Å². The van der Waals surface area contributed by atoms with Crippen LogP contribution >= 0.6 is 23.2 Å². The summed E-state index contributed by atoms with van der Waals surface area (Å²) < 4.78 is 53.4. The summed E-state index contributed by atoms with van der Waals surface area (Å²) in [6, 6.07) is 1.10. The van der Waals surface area contributed by atoms with Gasteiger partial charge in [-0.15, -0.1) is 0 Å². The molecule has 0 atom stereocenters. The van der Waals surface area contributed by atoms with Gasteiger partial charge in [0.15, 0.2) is 17.4 Å². The molecule has 1 rings (SSSR count). The summed E-state index contributed by atoms with van der Waals surface area (Å²) in [5, 5.41) is 4.76. The maximum Gasteiger partial charge on any atom is 0.238 e. The van der Waals surface area contributed by atoms with Crippen molar-refractivity contribution < 1.29 is 21.9 Å². The fourth-order valence-corrected chi connectivity index (χ4v) is 1.66. The lowest BCUT2D eigenvalue weighted by Gasteiger charge is -2.08. The quantitative estimate of drug-likeness (QED) is 0.926. The molecule has 1 aromatic carbocycles. The number of benzene rings is 1. The van der Waals surface area contributed by atoms with Gasteiger partial charge in [0, 0.05) is 5.54 Å². The summed E-state index contributed by atoms with van der Waals surface area (Å²) in [4.78, 5) is -0.691. The maximum absolute atomic E-state index is 13.4. The first-order chi connectivity index (χ1) is 8.25. The third kappa shape index (κ3) is 3.81. The minimum absolute atomic E-state index is 0.0194. The fourth-order valence-electron chi connectivity index (χ4n) is 1.01. The normalized spacial score (nSPS) is 12.6. The smallest absolute Gasteiger partial charge is 0.238 e. The molecule has 4 nitrogen and oxygen atoms in total. The Morgan fingerprint density at radius 3 is 2.28 bits per heavy atom. The van der Waals surface area contributed by atoms with Crippen molar-refractivity contribution in [1.29, 1.82) is 0 Å². The Morgan fingerprint density at radius 1 is 1.39 bits per heavy atom. The molecule has 100 valence electrons. The third-order valence-corrected chi connectivity index (χ3v) is 3.26. The van der Waals surface area contributed by atoms with Crippen LogP contribution in [0.15, 0.2) is 27.6 Å². The van der Waals surface area contributed by atoms with Gasteiger partial charge >= 0.3 is 0 Å². The van der Waals surface area contributed by atoms with Crippen molar-refractivity contribution in [3.05, 3.63) is 34.3 Å². The number of hydrogen-bond donors (Lipinski definition) is 1. The van der Waals surface area contributed by atoms with Crippen LogP contribution in [0.3, 0.4) is 0 Å². The highest BCUT2D eigenvalue weighted by molar-refractivity contribution is 7.89. The van der Waals surface area contributed by atoms with Crippen molar-refractivity contribution >= 4 is 33.2 Å². The number of nitrogens with two attached hydrogens (primary N) is 1. The van der Waals surface area contributed by atoms with Crippen LogP contribution in [0.25, 0.3) is 0 Å². The number of ether oxygens (including phenoxy) is 1. The second-order valence-corrected chi connectivity index (χ2v) is 5.37. The highest BCUT2D eigenvalue weighted by Gasteiger charge is 2.18. The fraction of sp³-hybridized carbons (Fsp3) is 0.111. The molecule has 0 unspecified atom stereocenters. The monoisotopic (exact) mass is 317 g/mol. The summed E-state index contributed by atoms with van der Waals surface area (Å²) in [5.41, 5.74) is 0.968. The van der Waals surface area contributed by atoms with Crippen molar-refractivity contribution in [3.8, 4) is 5.75 Å². The number of primary sulfonamides is 1. The number of halogens is 4. The van der Waals surface area contributed by atoms with Crippen molar-refractivity contribution in [2.24, 2.45) is 5.14 Å². The van der Waals surface area contributed by atoms with Gasteiger partial charge in [-0.05, 0) is 12.1 Å². The van der Waals surface area contributed by atoms with E-state index in [-0.39, 0.29) is 11.6 Å². The van der Waals surface area contributed by atoms with Gasteiger partial charge in [0.1, 0.15) is 6.61 Å². The Kier molecular flexibility index (Phi) is 4.92. The Bertz CT molecular complexity index is 566. The molecule has 0 spiro atoms. The van der Waals surface area contributed by atoms with Gasteiger partial charge in [0.25, 0.3) is 0 Å². The molecule has 0 aliphatic carbocycles. The average Bonchev–Trinajstić information content (AvgIpc) is 2.26. The van der Waals surface area contributed by atoms with E-state index in [9.17, 15) is 17.2 Å². The van der Waals surface area contributed by atoms with E-state index in [1.807, 2.05) is 0 Å². The first-order valence-corrected chi connectivity index (χ1v) is 6.71. The largest absolute Gasteiger partial charge is 0.482 e. The van der Waals surface area contributed by atoms with Crippen molar-refractivity contribution in [3.63, 3.8) is 0 Å². The van der Waals surface area contributed by atoms with Gasteiger partial charge in [-0.3, -0.25) is 0 Å². The molecule has 0 amide bonds. The van der Waals surface area contributed by atoms with E-state index >= 15 is 0 Å². The van der Waals surface area contributed by atoms with Crippen LogP contribution in [0, 0.1) is 11.6 Å². The van der Waals surface area contributed by atoms with Gasteiger partial charge in [0.05, 0.1) is 9.93 Å². The molecule has 0 aromatic heterocycles. The summed E-state index contributed by atoms with van der Waals surface area (Å²) in [6.45, 7) is -0.354. The Hall–Kier alpha value is -0.890. The molecule has 0 bridgehead atoms. The Morgan fingerprint density at radius 2 is 1.89 bits per heavy atom. The minimum Gasteiger partial charge on any atom is -0.482 e. The maximum atomic E-state index is 13.4. The molecule has 0 heterocycles. The zero-order valence-corrected chi connectivity index (χ0v) is 11.0. The predicted octanol–water partition coefficient (Wildman–Crippen LogP) is 2.31. The molecule has 0 aliphatic rings. The van der Waals surface area contributed by atoms with E-state index in [0.717, 1.165) is 5.54 Å². The highest BCUT2D eigenvalue weighted by atomic mass is 35.5. The summed E-state index contributed by atoms with van der Waals surface area (Å²) in [6.07, 6.45) is 0. The minimum atomic E-state index is -4.19. The molecule has 0 saturated carbocycles. The zero-order valence-electron chi connectivity index (χ0n) is 8.66. The SMILES string of the molecule is NS(=O)(=O)c1cc(F)c(OC/C(Cl)=C/Cl)c(F)c1. The van der Waals surface area contributed by atoms with E-state index in [1.165, 1.54) is 0 Å². The van der Waals surface area contributed by atoms with Crippen molar-refractivity contribution in [2.45, 2.75) is 4.90 Å². The average molecular weight is 318 g/mol. The number of rotatable bonds is 4. The molecule has 1 aromatic rings. The van der Waals surface area contributed by atoms with Crippen LogP contribution in [0.2, 0.25) is 0 Å². The van der Waals surface area contributed by atoms with E-state index in [2.05, 4.69) is 0 Å². The van der Waals surface area contributed by atoms with E-state index in [0.29, 0.717) is 12.1 Å². The molecule has 0 radical (unpaired) electrons. The first kappa shape index (κ1) is 15.2. The van der Waals surface area contributed by atoms with Crippen LogP contribution in [0.4, 0.5) is 8.78 Å². The molecule has 18 heavy (non-hydrogen) atoms. The first-order valence-electron chi connectivity index (χ1n) is 4.35. The van der Waals surface area contributed by atoms with E-state index in [4.69, 9.17) is 33.1 Å². The van der Waals surface area contributed by atoms with E-state index < -0.39 is 32.3 Å². The summed E-state index contributed by atoms with van der Waals surface area (Å²) >= 11 is 10.7. The van der Waals surface area contributed by atoms with Gasteiger partial charge in [-0.2, -0.15) is 0 Å². The lowest BCUT2D eigenvalue weighted by Crippen LogP contribution is -2.13. The summed E-state index contributed by atoms with van der Waals surface area (Å²) in [5.74, 6) is -3.19.